The number of nitrogens with zero attached hydrogens (tertiary/aromatic N) is 7. The van der Waals surface area contributed by atoms with Crippen molar-refractivity contribution >= 4 is 52.6 Å². The number of aromatic nitrogens is 4. The van der Waals surface area contributed by atoms with Crippen molar-refractivity contribution in [1.82, 2.24) is 19.6 Å². The lowest BCUT2D eigenvalue weighted by Gasteiger charge is -2.35. The van der Waals surface area contributed by atoms with Gasteiger partial charge in [-0.3, -0.25) is 0 Å². The second-order valence-electron chi connectivity index (χ2n) is 15.6. The molecule has 2 aliphatic heterocycles. The molecule has 2 aromatic heterocycles. The highest BCUT2D eigenvalue weighted by molar-refractivity contribution is 7.44. The topological polar surface area (TPSA) is 137 Å². The Morgan fingerprint density at radius 3 is 2.34 bits per heavy atom. The van der Waals surface area contributed by atoms with E-state index in [1.165, 1.54) is 37.9 Å². The van der Waals surface area contributed by atoms with E-state index in [0.717, 1.165) is 11.4 Å². The number of likely N-dealkylation sites (N-methyl/N-ethyl adjacent to an activating group) is 1. The van der Waals surface area contributed by atoms with Crippen molar-refractivity contribution in [2.24, 2.45) is 0 Å². The van der Waals surface area contributed by atoms with Gasteiger partial charge in [0.25, 0.3) is 13.5 Å². The first-order valence-corrected chi connectivity index (χ1v) is 23.2. The summed E-state index contributed by atoms with van der Waals surface area (Å²) in [6, 6.07) is 24.2. The van der Waals surface area contributed by atoms with Crippen LogP contribution >= 0.6 is 19.9 Å². The van der Waals surface area contributed by atoms with E-state index in [9.17, 15) is 0 Å². The van der Waals surface area contributed by atoms with E-state index in [-0.39, 0.29) is 75.0 Å². The van der Waals surface area contributed by atoms with E-state index in [1.807, 2.05) is 0 Å². The molecule has 14 nitrogen and oxygen atoms in total. The summed E-state index contributed by atoms with van der Waals surface area (Å²) in [7, 11) is 0.716. The number of para-hydroxylation sites is 1. The molecule has 2 unspecified atom stereocenters. The van der Waals surface area contributed by atoms with Crippen LogP contribution in [0.4, 0.5) is 5.69 Å². The van der Waals surface area contributed by atoms with Crippen LogP contribution in [0, 0.1) is 11.3 Å². The first kappa shape index (κ1) is 45.3. The molecule has 62 heavy (non-hydrogen) atoms. The van der Waals surface area contributed by atoms with E-state index in [1.54, 1.807) is 11.3 Å². The second-order valence-corrected chi connectivity index (χ2v) is 18.1. The number of anilines is 1. The van der Waals surface area contributed by atoms with Crippen molar-refractivity contribution in [3.05, 3.63) is 89.1 Å². The van der Waals surface area contributed by atoms with Crippen molar-refractivity contribution in [2.75, 3.05) is 71.4 Å². The fraction of sp³-hybridized carbons (Fsp3) is 0.457. The first-order valence-electron chi connectivity index (χ1n) is 21.2. The van der Waals surface area contributed by atoms with E-state index in [2.05, 4.69) is 156 Å². The molecule has 16 heteroatoms. The maximum Gasteiger partial charge on any atom is 0.325 e. The van der Waals surface area contributed by atoms with Gasteiger partial charge in [0.05, 0.1) is 38.9 Å². The lowest BCUT2D eigenvalue weighted by atomic mass is 9.78. The maximum absolute atomic E-state index is 9.06. The van der Waals surface area contributed by atoms with Gasteiger partial charge in [0, 0.05) is 60.1 Å². The number of benzene rings is 3. The molecule has 0 fully saturated rings. The average molecular weight is 883 g/mol. The molecule has 328 valence electrons. The van der Waals surface area contributed by atoms with E-state index >= 15 is 0 Å². The highest BCUT2D eigenvalue weighted by atomic mass is 32.1. The molecule has 0 N–H and O–H groups in total. The van der Waals surface area contributed by atoms with Crippen LogP contribution in [0.15, 0.2) is 78.5 Å². The van der Waals surface area contributed by atoms with Crippen molar-refractivity contribution in [3.63, 3.8) is 0 Å². The quantitative estimate of drug-likeness (QED) is 0.0714. The zero-order valence-electron chi connectivity index (χ0n) is 36.5. The smallest absolute Gasteiger partial charge is 0.325 e. The molecule has 0 amide bonds. The fourth-order valence-electron chi connectivity index (χ4n) is 7.93. The normalized spacial score (nSPS) is 19.6. The Bertz CT molecular complexity index is 2380. The van der Waals surface area contributed by atoms with E-state index in [4.69, 9.17) is 38.0 Å². The van der Waals surface area contributed by atoms with Gasteiger partial charge in [-0.15, -0.1) is 15.0 Å². The molecule has 0 aliphatic carbocycles. The Kier molecular flexibility index (Phi) is 15.7. The zero-order valence-corrected chi connectivity index (χ0v) is 38.2. The Hall–Kier alpha value is -4.78. The fourth-order valence-corrected chi connectivity index (χ4v) is 10.7. The number of ether oxygens (including phenoxy) is 5. The van der Waals surface area contributed by atoms with Crippen molar-refractivity contribution in [3.8, 4) is 24.1 Å². The minimum Gasteiger partial charge on any atom is -0.461 e. The lowest BCUT2D eigenvalue weighted by molar-refractivity contribution is -0.670. The summed E-state index contributed by atoms with van der Waals surface area (Å²) in [5, 5.41) is 12.6. The summed E-state index contributed by atoms with van der Waals surface area (Å²) in [6.07, 6.45) is 7.68. The van der Waals surface area contributed by atoms with Crippen LogP contribution in [0.5, 0.6) is 18.0 Å². The molecule has 2 aliphatic rings. The molecule has 0 radical (unpaired) electrons. The maximum atomic E-state index is 9.06. The SMILES string of the molecule is CC(C)N(C(C)C)P(OCCC#N)OCCOc1nc2nc(n1)OCCOCCC1(C)/C(=C\C=C\c3sc4c5ccccc5ccc4[n+]3CCOCCO2)N(C)c2ccccc21. The number of hydrogen-bond donors (Lipinski definition) is 0. The molecule has 0 saturated carbocycles. The van der Waals surface area contributed by atoms with Crippen LogP contribution in [0.2, 0.25) is 0 Å². The zero-order chi connectivity index (χ0) is 43.5. The van der Waals surface area contributed by atoms with Gasteiger partial charge in [-0.05, 0) is 70.2 Å². The van der Waals surface area contributed by atoms with Gasteiger partial charge in [0.1, 0.15) is 31.1 Å². The number of allylic oxidation sites excluding steroid dienone is 3. The largest absolute Gasteiger partial charge is 0.461 e. The molecule has 7 rings (SSSR count). The summed E-state index contributed by atoms with van der Waals surface area (Å²) < 4.78 is 48.1. The molecule has 4 heterocycles. The number of thiazole rings is 1. The average Bonchev–Trinajstić information content (AvgIpc) is 3.72. The molecule has 2 bridgehead atoms. The van der Waals surface area contributed by atoms with Crippen molar-refractivity contribution in [2.45, 2.75) is 71.5 Å². The lowest BCUT2D eigenvalue weighted by Crippen LogP contribution is -2.37. The monoisotopic (exact) mass is 882 g/mol. The number of fused-ring (bicyclic) bond motifs is 10. The minimum absolute atomic E-state index is 0.0364. The third kappa shape index (κ3) is 10.7. The van der Waals surface area contributed by atoms with Gasteiger partial charge < -0.3 is 37.6 Å². The van der Waals surface area contributed by atoms with Gasteiger partial charge in [-0.25, -0.2) is 4.67 Å². The summed E-state index contributed by atoms with van der Waals surface area (Å²) in [6.45, 7) is 14.0. The highest BCUT2D eigenvalue weighted by Crippen LogP contribution is 2.49. The highest BCUT2D eigenvalue weighted by Gasteiger charge is 2.41. The summed E-state index contributed by atoms with van der Waals surface area (Å²) in [5.74, 6) is 0. The van der Waals surface area contributed by atoms with Gasteiger partial charge in [0.2, 0.25) is 5.52 Å². The third-order valence-corrected chi connectivity index (χ3v) is 14.1. The molecular formula is C46H57N7O7PS+. The summed E-state index contributed by atoms with van der Waals surface area (Å²) >= 11 is 1.79. The van der Waals surface area contributed by atoms with Gasteiger partial charge >= 0.3 is 18.0 Å². The molecule has 3 aromatic carbocycles. The second kappa shape index (κ2) is 21.5. The van der Waals surface area contributed by atoms with E-state index < -0.39 is 8.53 Å². The van der Waals surface area contributed by atoms with Crippen LogP contribution in [-0.4, -0.2) is 98.2 Å². The summed E-state index contributed by atoms with van der Waals surface area (Å²) in [4.78, 5) is 15.5. The number of hydrogen-bond acceptors (Lipinski definition) is 14. The minimum atomic E-state index is -1.42. The Morgan fingerprint density at radius 2 is 1.58 bits per heavy atom. The first-order chi connectivity index (χ1) is 30.2. The van der Waals surface area contributed by atoms with E-state index in [0.29, 0.717) is 33.0 Å². The molecule has 0 spiro atoms. The van der Waals surface area contributed by atoms with Gasteiger partial charge in [-0.1, -0.05) is 59.9 Å². The number of nitriles is 1. The van der Waals surface area contributed by atoms with Crippen molar-refractivity contribution < 1.29 is 37.3 Å². The van der Waals surface area contributed by atoms with Crippen LogP contribution in [0.3, 0.4) is 0 Å². The standard InChI is InChI=1S/C46H57N7O7PS/c1-33(2)53(34(3)4)61(59-24-12-22-47)60-32-31-58-45-49-43-48-44(50-45)57-30-28-55-26-23-52-39-20-19-35-13-7-8-14-36(35)42(39)62-41(52)18-11-17-40-46(5,21-25-54-27-29-56-43)37-15-9-10-16-38(37)51(40)6/h7-11,13-20,33-34H,12,21,23-32H2,1-6H3/q+1. The predicted octanol–water partition coefficient (Wildman–Crippen LogP) is 8.40. The molecule has 0 saturated heterocycles. The van der Waals surface area contributed by atoms with Crippen LogP contribution in [-0.2, 0) is 30.5 Å². The Morgan fingerprint density at radius 1 is 0.871 bits per heavy atom. The van der Waals surface area contributed by atoms with Crippen LogP contribution in [0.25, 0.3) is 27.1 Å². The van der Waals surface area contributed by atoms with Gasteiger partial charge in [-0.2, -0.15) is 9.83 Å². The van der Waals surface area contributed by atoms with Gasteiger partial charge in [0.15, 0.2) is 6.54 Å². The van der Waals surface area contributed by atoms with Crippen LogP contribution in [0.1, 0.15) is 58.0 Å². The van der Waals surface area contributed by atoms with Crippen LogP contribution < -0.4 is 23.7 Å². The summed E-state index contributed by atoms with van der Waals surface area (Å²) in [5.41, 5.74) is 4.55. The predicted molar refractivity (Wildman–Crippen MR) is 243 cm³/mol. The molecular weight excluding hydrogens is 826 g/mol. The Balaban J connectivity index is 1.10. The third-order valence-electron chi connectivity index (χ3n) is 10.8. The molecule has 2 atom stereocenters. The molecule has 5 aromatic rings. The van der Waals surface area contributed by atoms with Crippen molar-refractivity contribution in [1.29, 1.82) is 5.26 Å². The Labute approximate surface area is 369 Å². The number of rotatable bonds is 11.